The zero-order valence-corrected chi connectivity index (χ0v) is 15.0. The molecule has 1 amide bonds. The van der Waals surface area contributed by atoms with Crippen LogP contribution in [0.5, 0.6) is 5.75 Å². The maximum atomic E-state index is 12.8. The summed E-state index contributed by atoms with van der Waals surface area (Å²) in [6.45, 7) is 8.43. The Kier molecular flexibility index (Phi) is 4.74. The number of nitrogens with zero attached hydrogens (tertiary/aromatic N) is 2. The van der Waals surface area contributed by atoms with Gasteiger partial charge in [0.15, 0.2) is 0 Å². The highest BCUT2D eigenvalue weighted by Gasteiger charge is 2.18. The molecule has 1 aromatic carbocycles. The molecule has 25 heavy (non-hydrogen) atoms. The van der Waals surface area contributed by atoms with Gasteiger partial charge in [0.05, 0.1) is 18.2 Å². The molecule has 0 aliphatic carbocycles. The van der Waals surface area contributed by atoms with Crippen LogP contribution >= 0.6 is 0 Å². The van der Waals surface area contributed by atoms with Crippen LogP contribution in [0.2, 0.25) is 0 Å². The van der Waals surface area contributed by atoms with Crippen molar-refractivity contribution in [3.8, 4) is 5.75 Å². The van der Waals surface area contributed by atoms with Crippen LogP contribution in [0.3, 0.4) is 0 Å². The fourth-order valence-corrected chi connectivity index (χ4v) is 3.05. The van der Waals surface area contributed by atoms with Crippen LogP contribution in [0.15, 0.2) is 42.6 Å². The van der Waals surface area contributed by atoms with E-state index in [0.717, 1.165) is 22.7 Å². The third kappa shape index (κ3) is 3.36. The van der Waals surface area contributed by atoms with Crippen molar-refractivity contribution in [2.45, 2.75) is 33.7 Å². The number of rotatable bonds is 5. The summed E-state index contributed by atoms with van der Waals surface area (Å²) in [7, 11) is 0. The van der Waals surface area contributed by atoms with E-state index in [0.29, 0.717) is 17.8 Å². The number of para-hydroxylation sites is 1. The highest BCUT2D eigenvalue weighted by atomic mass is 16.5. The second-order valence-corrected chi connectivity index (χ2v) is 6.13. The third-order valence-corrected chi connectivity index (χ3v) is 4.22. The maximum absolute atomic E-state index is 12.8. The number of carbonyl (C=O) groups is 1. The number of carbonyl (C=O) groups excluding carboxylic acids is 1. The van der Waals surface area contributed by atoms with E-state index in [1.165, 1.54) is 0 Å². The number of aryl methyl sites for hydroxylation is 2. The van der Waals surface area contributed by atoms with Crippen LogP contribution < -0.4 is 10.1 Å². The van der Waals surface area contributed by atoms with Gasteiger partial charge in [-0.05, 0) is 45.9 Å². The first-order valence-electron chi connectivity index (χ1n) is 8.49. The van der Waals surface area contributed by atoms with Gasteiger partial charge in [-0.3, -0.25) is 4.79 Å². The molecule has 0 aliphatic heterocycles. The van der Waals surface area contributed by atoms with Gasteiger partial charge in [-0.25, -0.2) is 4.98 Å². The smallest absolute Gasteiger partial charge is 0.255 e. The summed E-state index contributed by atoms with van der Waals surface area (Å²) in [5.74, 6) is 0.656. The van der Waals surface area contributed by atoms with E-state index in [9.17, 15) is 4.79 Å². The Balaban J connectivity index is 1.88. The van der Waals surface area contributed by atoms with E-state index >= 15 is 0 Å². The van der Waals surface area contributed by atoms with Crippen molar-refractivity contribution < 1.29 is 9.53 Å². The summed E-state index contributed by atoms with van der Waals surface area (Å²) < 4.78 is 7.60. The van der Waals surface area contributed by atoms with Crippen molar-refractivity contribution in [2.24, 2.45) is 0 Å². The largest absolute Gasteiger partial charge is 0.494 e. The minimum Gasteiger partial charge on any atom is -0.494 e. The van der Waals surface area contributed by atoms with Crippen molar-refractivity contribution in [2.75, 3.05) is 6.61 Å². The van der Waals surface area contributed by atoms with Crippen LogP contribution in [0.1, 0.15) is 47.2 Å². The number of amides is 1. The van der Waals surface area contributed by atoms with Gasteiger partial charge in [-0.2, -0.15) is 0 Å². The minimum atomic E-state index is -0.170. The molecule has 0 spiro atoms. The maximum Gasteiger partial charge on any atom is 0.255 e. The Morgan fingerprint density at radius 3 is 2.80 bits per heavy atom. The standard InChI is InChI=1S/C20H23N3O2/c1-5-25-18-9-7-6-8-16(18)15(4)22-20(24)17-10-11-23-14(3)12-13(2)21-19(17)23/h6-12,15H,5H2,1-4H3,(H,22,24). The lowest BCUT2D eigenvalue weighted by molar-refractivity contribution is 0.0941. The number of aromatic nitrogens is 2. The molecule has 0 saturated carbocycles. The second-order valence-electron chi connectivity index (χ2n) is 6.13. The zero-order valence-electron chi connectivity index (χ0n) is 15.0. The van der Waals surface area contributed by atoms with Crippen LogP contribution in [-0.4, -0.2) is 21.9 Å². The van der Waals surface area contributed by atoms with Crippen LogP contribution in [0.25, 0.3) is 5.65 Å². The molecule has 1 atom stereocenters. The van der Waals surface area contributed by atoms with Gasteiger partial charge in [0.25, 0.3) is 5.91 Å². The van der Waals surface area contributed by atoms with E-state index in [2.05, 4.69) is 10.3 Å². The summed E-state index contributed by atoms with van der Waals surface area (Å²) in [5.41, 5.74) is 4.16. The lowest BCUT2D eigenvalue weighted by atomic mass is 10.1. The topological polar surface area (TPSA) is 55.6 Å². The summed E-state index contributed by atoms with van der Waals surface area (Å²) in [6, 6.07) is 11.4. The van der Waals surface area contributed by atoms with Gasteiger partial charge < -0.3 is 14.5 Å². The number of benzene rings is 1. The normalized spacial score (nSPS) is 12.2. The Morgan fingerprint density at radius 1 is 1.28 bits per heavy atom. The molecule has 0 saturated heterocycles. The van der Waals surface area contributed by atoms with E-state index in [-0.39, 0.29) is 11.9 Å². The van der Waals surface area contributed by atoms with Gasteiger partial charge in [0, 0.05) is 23.1 Å². The Hall–Kier alpha value is -2.82. The molecular weight excluding hydrogens is 314 g/mol. The predicted molar refractivity (Wildman–Crippen MR) is 98.2 cm³/mol. The molecule has 1 N–H and O–H groups in total. The first kappa shape index (κ1) is 17.0. The highest BCUT2D eigenvalue weighted by Crippen LogP contribution is 2.25. The molecule has 0 aliphatic rings. The van der Waals surface area contributed by atoms with Crippen molar-refractivity contribution in [3.63, 3.8) is 0 Å². The molecule has 5 nitrogen and oxygen atoms in total. The molecule has 0 bridgehead atoms. The van der Waals surface area contributed by atoms with Gasteiger partial charge in [-0.1, -0.05) is 18.2 Å². The summed E-state index contributed by atoms with van der Waals surface area (Å²) in [6.07, 6.45) is 1.88. The molecule has 1 unspecified atom stereocenters. The Bertz CT molecular complexity index is 914. The molecule has 3 rings (SSSR count). The van der Waals surface area contributed by atoms with E-state index in [4.69, 9.17) is 4.74 Å². The van der Waals surface area contributed by atoms with Crippen LogP contribution in [-0.2, 0) is 0 Å². The van der Waals surface area contributed by atoms with Gasteiger partial charge >= 0.3 is 0 Å². The summed E-state index contributed by atoms with van der Waals surface area (Å²) >= 11 is 0. The first-order valence-corrected chi connectivity index (χ1v) is 8.49. The molecule has 2 heterocycles. The zero-order chi connectivity index (χ0) is 18.0. The molecule has 0 fully saturated rings. The third-order valence-electron chi connectivity index (χ3n) is 4.22. The van der Waals surface area contributed by atoms with Gasteiger partial charge in [-0.15, -0.1) is 0 Å². The minimum absolute atomic E-state index is 0.140. The Morgan fingerprint density at radius 2 is 2.04 bits per heavy atom. The molecule has 5 heteroatoms. The van der Waals surface area contributed by atoms with Gasteiger partial charge in [0.2, 0.25) is 0 Å². The molecule has 0 radical (unpaired) electrons. The highest BCUT2D eigenvalue weighted by molar-refractivity contribution is 6.00. The molecular formula is C20H23N3O2. The number of nitrogens with one attached hydrogen (secondary N) is 1. The quantitative estimate of drug-likeness (QED) is 0.769. The second kappa shape index (κ2) is 6.97. The van der Waals surface area contributed by atoms with E-state index in [1.54, 1.807) is 0 Å². The average molecular weight is 337 g/mol. The SMILES string of the molecule is CCOc1ccccc1C(C)NC(=O)c1ccn2c(C)cc(C)nc12. The van der Waals surface area contributed by atoms with Gasteiger partial charge in [0.1, 0.15) is 11.4 Å². The number of ether oxygens (including phenoxy) is 1. The van der Waals surface area contributed by atoms with E-state index < -0.39 is 0 Å². The van der Waals surface area contributed by atoms with Crippen molar-refractivity contribution in [3.05, 3.63) is 65.1 Å². The van der Waals surface area contributed by atoms with Crippen molar-refractivity contribution in [1.82, 2.24) is 14.7 Å². The fourth-order valence-electron chi connectivity index (χ4n) is 3.05. The lowest BCUT2D eigenvalue weighted by Crippen LogP contribution is -2.27. The number of fused-ring (bicyclic) bond motifs is 1. The molecule has 130 valence electrons. The predicted octanol–water partition coefficient (Wildman–Crippen LogP) is 3.84. The van der Waals surface area contributed by atoms with Crippen molar-refractivity contribution in [1.29, 1.82) is 0 Å². The molecule has 3 aromatic rings. The van der Waals surface area contributed by atoms with Crippen molar-refractivity contribution >= 4 is 11.6 Å². The lowest BCUT2D eigenvalue weighted by Gasteiger charge is -2.17. The molecule has 2 aromatic heterocycles. The van der Waals surface area contributed by atoms with Crippen LogP contribution in [0.4, 0.5) is 0 Å². The number of hydrogen-bond donors (Lipinski definition) is 1. The fraction of sp³-hybridized carbons (Fsp3) is 0.300. The average Bonchev–Trinajstić information content (AvgIpc) is 2.99. The summed E-state index contributed by atoms with van der Waals surface area (Å²) in [4.78, 5) is 17.3. The monoisotopic (exact) mass is 337 g/mol. The first-order chi connectivity index (χ1) is 12.0. The van der Waals surface area contributed by atoms with E-state index in [1.807, 2.05) is 74.7 Å². The summed E-state index contributed by atoms with van der Waals surface area (Å²) in [5, 5.41) is 3.06. The van der Waals surface area contributed by atoms with Crippen LogP contribution in [0, 0.1) is 13.8 Å². The Labute approximate surface area is 147 Å². The number of hydrogen-bond acceptors (Lipinski definition) is 3.